The molecule has 0 amide bonds. The normalized spacial score (nSPS) is 10.5. The molecule has 0 aliphatic heterocycles. The molecule has 0 atom stereocenters. The molecule has 0 unspecified atom stereocenters. The second kappa shape index (κ2) is 8.73. The number of ether oxygens (including phenoxy) is 2. The van der Waals surface area contributed by atoms with Crippen molar-refractivity contribution in [2.75, 3.05) is 13.2 Å². The van der Waals surface area contributed by atoms with Crippen molar-refractivity contribution in [3.8, 4) is 24.7 Å². The van der Waals surface area contributed by atoms with Crippen molar-refractivity contribution in [2.45, 2.75) is 17.9 Å². The van der Waals surface area contributed by atoms with Crippen LogP contribution in [0.5, 0.6) is 0 Å². The Morgan fingerprint density at radius 2 is 1.50 bits per heavy atom. The molecule has 8 heteroatoms. The fourth-order valence-corrected chi connectivity index (χ4v) is 2.43. The molecule has 0 spiro atoms. The molecule has 0 radical (unpaired) electrons. The van der Waals surface area contributed by atoms with E-state index < -0.39 is 41.4 Å². The van der Waals surface area contributed by atoms with Crippen molar-refractivity contribution < 1.29 is 31.7 Å². The molecule has 0 saturated carbocycles. The first-order valence-corrected chi connectivity index (χ1v) is 7.93. The minimum Gasteiger partial charge on any atom is -0.450 e. The summed E-state index contributed by atoms with van der Waals surface area (Å²) in [6.45, 7) is 0.825. The first-order valence-electron chi connectivity index (χ1n) is 6.52. The van der Waals surface area contributed by atoms with Gasteiger partial charge in [-0.05, 0) is 19.1 Å². The van der Waals surface area contributed by atoms with Gasteiger partial charge in [0.1, 0.15) is 0 Å². The van der Waals surface area contributed by atoms with Gasteiger partial charge in [0, 0.05) is 0 Å². The van der Waals surface area contributed by atoms with E-state index in [0.717, 1.165) is 5.56 Å². The van der Waals surface area contributed by atoms with E-state index in [9.17, 15) is 18.0 Å². The van der Waals surface area contributed by atoms with Crippen LogP contribution in [-0.2, 0) is 33.4 Å². The second-order valence-corrected chi connectivity index (χ2v) is 5.94. The fraction of sp³-hybridized carbons (Fsp3) is 0.250. The smallest absolute Gasteiger partial charge is 0.349 e. The van der Waals surface area contributed by atoms with E-state index >= 15 is 0 Å². The lowest BCUT2D eigenvalue weighted by atomic mass is 10.2. The van der Waals surface area contributed by atoms with Gasteiger partial charge in [-0.3, -0.25) is 0 Å². The molecule has 0 heterocycles. The van der Waals surface area contributed by atoms with E-state index in [1.807, 2.05) is 11.8 Å². The highest BCUT2D eigenvalue weighted by molar-refractivity contribution is 7.86. The summed E-state index contributed by atoms with van der Waals surface area (Å²) in [7, 11) is -4.42. The summed E-state index contributed by atoms with van der Waals surface area (Å²) in [6.07, 6.45) is 7.70. The molecule has 7 nitrogen and oxygen atoms in total. The largest absolute Gasteiger partial charge is 0.450 e. The zero-order valence-electron chi connectivity index (χ0n) is 12.7. The molecule has 1 rings (SSSR count). The SMILES string of the molecule is C#CCOC(=O)C(OS(=O)(=O)c1ccc(C)cc1)C(=O)OCC#C. The van der Waals surface area contributed by atoms with Crippen LogP contribution in [0.15, 0.2) is 29.2 Å². The van der Waals surface area contributed by atoms with E-state index in [1.54, 1.807) is 6.92 Å². The van der Waals surface area contributed by atoms with Crippen molar-refractivity contribution in [1.29, 1.82) is 0 Å². The van der Waals surface area contributed by atoms with Crippen LogP contribution in [0, 0.1) is 31.6 Å². The molecule has 0 fully saturated rings. The number of benzene rings is 1. The molecule has 1 aromatic rings. The number of rotatable bonds is 7. The van der Waals surface area contributed by atoms with Crippen LogP contribution in [0.3, 0.4) is 0 Å². The van der Waals surface area contributed by atoms with Crippen LogP contribution in [0.1, 0.15) is 5.56 Å². The third kappa shape index (κ3) is 5.43. The van der Waals surface area contributed by atoms with Gasteiger partial charge in [0.2, 0.25) is 0 Å². The zero-order chi connectivity index (χ0) is 18.2. The van der Waals surface area contributed by atoms with Gasteiger partial charge in [-0.25, -0.2) is 13.8 Å². The second-order valence-electron chi connectivity index (χ2n) is 4.37. The number of carbonyl (C=O) groups excluding carboxylic acids is 2. The summed E-state index contributed by atoms with van der Waals surface area (Å²) in [5.41, 5.74) is 0.812. The highest BCUT2D eigenvalue weighted by Crippen LogP contribution is 2.16. The number of hydrogen-bond donors (Lipinski definition) is 0. The number of terminal acetylenes is 2. The Kier molecular flexibility index (Phi) is 6.99. The summed E-state index contributed by atoms with van der Waals surface area (Å²) < 4.78 is 38.1. The standard InChI is InChI=1S/C16H14O7S/c1-4-10-21-15(17)14(16(18)22-11-5-2)23-24(19,20)13-8-6-12(3)7-9-13/h1-2,6-9,14H,10-11H2,3H3. The van der Waals surface area contributed by atoms with Crippen LogP contribution in [0.2, 0.25) is 0 Å². The van der Waals surface area contributed by atoms with E-state index in [1.165, 1.54) is 24.3 Å². The lowest BCUT2D eigenvalue weighted by molar-refractivity contribution is -0.164. The summed E-state index contributed by atoms with van der Waals surface area (Å²) in [5, 5.41) is 0. The monoisotopic (exact) mass is 350 g/mol. The molecule has 1 aromatic carbocycles. The van der Waals surface area contributed by atoms with Crippen LogP contribution in [-0.4, -0.2) is 39.7 Å². The summed E-state index contributed by atoms with van der Waals surface area (Å²) in [5.74, 6) is 1.41. The van der Waals surface area contributed by atoms with Crippen molar-refractivity contribution in [3.63, 3.8) is 0 Å². The van der Waals surface area contributed by atoms with Gasteiger partial charge < -0.3 is 9.47 Å². The first kappa shape index (κ1) is 19.2. The molecule has 0 aliphatic carbocycles. The number of esters is 2. The molecular weight excluding hydrogens is 336 g/mol. The predicted octanol–water partition coefficient (Wildman–Crippen LogP) is 0.422. The maximum atomic E-state index is 12.2. The van der Waals surface area contributed by atoms with Gasteiger partial charge in [-0.1, -0.05) is 29.5 Å². The summed E-state index contributed by atoms with van der Waals surface area (Å²) >= 11 is 0. The third-order valence-corrected chi connectivity index (χ3v) is 3.85. The first-order chi connectivity index (χ1) is 11.3. The summed E-state index contributed by atoms with van der Waals surface area (Å²) in [4.78, 5) is 23.4. The average molecular weight is 350 g/mol. The van der Waals surface area contributed by atoms with Crippen LogP contribution in [0.4, 0.5) is 0 Å². The lowest BCUT2D eigenvalue weighted by Crippen LogP contribution is -2.38. The van der Waals surface area contributed by atoms with E-state index in [4.69, 9.17) is 12.8 Å². The molecular formula is C16H14O7S. The lowest BCUT2D eigenvalue weighted by Gasteiger charge is -2.14. The highest BCUT2D eigenvalue weighted by Gasteiger charge is 2.36. The number of carbonyl (C=O) groups is 2. The van der Waals surface area contributed by atoms with Crippen LogP contribution >= 0.6 is 0 Å². The van der Waals surface area contributed by atoms with Crippen molar-refractivity contribution >= 4 is 22.1 Å². The quantitative estimate of drug-likeness (QED) is 0.304. The topological polar surface area (TPSA) is 96.0 Å². The molecule has 24 heavy (non-hydrogen) atoms. The Labute approximate surface area is 140 Å². The van der Waals surface area contributed by atoms with Crippen molar-refractivity contribution in [1.82, 2.24) is 0 Å². The Morgan fingerprint density at radius 3 is 1.92 bits per heavy atom. The van der Waals surface area contributed by atoms with E-state index in [2.05, 4.69) is 13.7 Å². The molecule has 0 bridgehead atoms. The molecule has 126 valence electrons. The predicted molar refractivity (Wildman–Crippen MR) is 82.8 cm³/mol. The Morgan fingerprint density at radius 1 is 1.04 bits per heavy atom. The number of hydrogen-bond acceptors (Lipinski definition) is 7. The van der Waals surface area contributed by atoms with Gasteiger partial charge in [-0.2, -0.15) is 8.42 Å². The highest BCUT2D eigenvalue weighted by atomic mass is 32.2. The van der Waals surface area contributed by atoms with E-state index in [0.29, 0.717) is 0 Å². The average Bonchev–Trinajstić information content (AvgIpc) is 2.55. The van der Waals surface area contributed by atoms with Gasteiger partial charge in [0.25, 0.3) is 16.2 Å². The van der Waals surface area contributed by atoms with E-state index in [-0.39, 0.29) is 4.90 Å². The minimum atomic E-state index is -4.42. The Hall–Kier alpha value is -2.81. The van der Waals surface area contributed by atoms with Crippen LogP contribution in [0.25, 0.3) is 0 Å². The minimum absolute atomic E-state index is 0.243. The van der Waals surface area contributed by atoms with Gasteiger partial charge in [0.15, 0.2) is 13.2 Å². The Bertz CT molecular complexity index is 749. The van der Waals surface area contributed by atoms with Crippen molar-refractivity contribution in [3.05, 3.63) is 29.8 Å². The molecule has 0 saturated heterocycles. The third-order valence-electron chi connectivity index (χ3n) is 2.56. The van der Waals surface area contributed by atoms with Crippen LogP contribution < -0.4 is 0 Å². The maximum Gasteiger partial charge on any atom is 0.349 e. The van der Waals surface area contributed by atoms with Crippen molar-refractivity contribution in [2.24, 2.45) is 0 Å². The Balaban J connectivity index is 3.04. The van der Waals surface area contributed by atoms with Gasteiger partial charge in [-0.15, -0.1) is 12.8 Å². The molecule has 0 aliphatic rings. The molecule has 0 N–H and O–H groups in total. The van der Waals surface area contributed by atoms with Gasteiger partial charge >= 0.3 is 11.9 Å². The number of aryl methyl sites for hydroxylation is 1. The molecule has 0 aromatic heterocycles. The van der Waals surface area contributed by atoms with Gasteiger partial charge in [0.05, 0.1) is 4.90 Å². The fourth-order valence-electron chi connectivity index (χ4n) is 1.44. The zero-order valence-corrected chi connectivity index (χ0v) is 13.5. The maximum absolute atomic E-state index is 12.2. The summed E-state index contributed by atoms with van der Waals surface area (Å²) in [6, 6.07) is 5.58.